The molecule has 0 bridgehead atoms. The molecule has 33 heavy (non-hydrogen) atoms. The smallest absolute Gasteiger partial charge is 0.228 e. The summed E-state index contributed by atoms with van der Waals surface area (Å²) in [6, 6.07) is 11.3. The molecular formula is C23H21ClFN7O. The van der Waals surface area contributed by atoms with Crippen LogP contribution in [-0.4, -0.2) is 45.1 Å². The van der Waals surface area contributed by atoms with Crippen molar-refractivity contribution in [3.05, 3.63) is 71.4 Å². The summed E-state index contributed by atoms with van der Waals surface area (Å²) in [6.07, 6.45) is 4.76. The molecule has 0 radical (unpaired) electrons. The number of nitrogens with zero attached hydrogens (tertiary/aromatic N) is 6. The second kappa shape index (κ2) is 8.42. The van der Waals surface area contributed by atoms with E-state index in [4.69, 9.17) is 22.4 Å². The molecule has 168 valence electrons. The summed E-state index contributed by atoms with van der Waals surface area (Å²) in [5.41, 5.74) is 9.70. The standard InChI is InChI=1S/C23H21ClFN7O/c1-30(12-15-9-27-10-18(25)23(15)24)21-7-6-20-28-11-19(32(20)29-21)14-2-4-17(5-3-14)31-13-16(26)8-22(31)33/h2-7,9-11,16H,8,12-13,26H2,1H3/t16-/m0/s1. The minimum Gasteiger partial charge on any atom is -0.354 e. The van der Waals surface area contributed by atoms with Gasteiger partial charge in [0.1, 0.15) is 5.82 Å². The lowest BCUT2D eigenvalue weighted by Gasteiger charge is -2.19. The summed E-state index contributed by atoms with van der Waals surface area (Å²) >= 11 is 6.08. The van der Waals surface area contributed by atoms with E-state index in [0.717, 1.165) is 23.1 Å². The summed E-state index contributed by atoms with van der Waals surface area (Å²) in [4.78, 5) is 24.0. The molecule has 2 N–H and O–H groups in total. The second-order valence-electron chi connectivity index (χ2n) is 8.07. The van der Waals surface area contributed by atoms with Crippen LogP contribution in [0.3, 0.4) is 0 Å². The molecule has 0 spiro atoms. The number of nitrogens with two attached hydrogens (primary N) is 1. The number of carbonyl (C=O) groups is 1. The molecule has 10 heteroatoms. The van der Waals surface area contributed by atoms with Gasteiger partial charge in [-0.2, -0.15) is 0 Å². The highest BCUT2D eigenvalue weighted by Gasteiger charge is 2.28. The number of rotatable bonds is 5. The fraction of sp³-hybridized carbons (Fsp3) is 0.217. The number of pyridine rings is 1. The van der Waals surface area contributed by atoms with Crippen LogP contribution in [0.15, 0.2) is 55.0 Å². The van der Waals surface area contributed by atoms with Crippen LogP contribution in [0, 0.1) is 5.82 Å². The fourth-order valence-corrected chi connectivity index (χ4v) is 4.12. The number of anilines is 2. The molecule has 1 aliphatic rings. The lowest BCUT2D eigenvalue weighted by molar-refractivity contribution is -0.117. The lowest BCUT2D eigenvalue weighted by Crippen LogP contribution is -2.27. The van der Waals surface area contributed by atoms with E-state index in [0.29, 0.717) is 36.5 Å². The Kier molecular flexibility index (Phi) is 5.43. The van der Waals surface area contributed by atoms with E-state index >= 15 is 0 Å². The molecule has 8 nitrogen and oxygen atoms in total. The van der Waals surface area contributed by atoms with Crippen LogP contribution in [0.25, 0.3) is 16.9 Å². The second-order valence-corrected chi connectivity index (χ2v) is 8.45. The first kappa shape index (κ1) is 21.3. The first-order chi connectivity index (χ1) is 15.9. The number of imidazole rings is 1. The molecule has 5 rings (SSSR count). The van der Waals surface area contributed by atoms with Crippen molar-refractivity contribution in [1.82, 2.24) is 19.6 Å². The van der Waals surface area contributed by atoms with Crippen molar-refractivity contribution >= 4 is 34.7 Å². The van der Waals surface area contributed by atoms with Gasteiger partial charge in [0.05, 0.1) is 23.1 Å². The average Bonchev–Trinajstić information content (AvgIpc) is 3.38. The Bertz CT molecular complexity index is 1340. The van der Waals surface area contributed by atoms with Gasteiger partial charge in [-0.3, -0.25) is 9.78 Å². The van der Waals surface area contributed by atoms with Gasteiger partial charge in [-0.25, -0.2) is 13.9 Å². The molecule has 4 aromatic rings. The van der Waals surface area contributed by atoms with E-state index < -0.39 is 5.82 Å². The van der Waals surface area contributed by atoms with Crippen LogP contribution in [-0.2, 0) is 11.3 Å². The third-order valence-electron chi connectivity index (χ3n) is 5.69. The molecule has 1 atom stereocenters. The first-order valence-corrected chi connectivity index (χ1v) is 10.8. The third-order valence-corrected chi connectivity index (χ3v) is 6.11. The first-order valence-electron chi connectivity index (χ1n) is 10.4. The number of hydrogen-bond acceptors (Lipinski definition) is 6. The third kappa shape index (κ3) is 4.01. The summed E-state index contributed by atoms with van der Waals surface area (Å²) in [6.45, 7) is 0.864. The number of halogens is 2. The van der Waals surface area contributed by atoms with E-state index in [1.54, 1.807) is 21.8 Å². The van der Waals surface area contributed by atoms with Gasteiger partial charge in [0.15, 0.2) is 11.5 Å². The Hall–Kier alpha value is -3.56. The summed E-state index contributed by atoms with van der Waals surface area (Å²) in [5, 5.41) is 4.78. The van der Waals surface area contributed by atoms with Crippen LogP contribution in [0.5, 0.6) is 0 Å². The molecule has 1 saturated heterocycles. The van der Waals surface area contributed by atoms with Crippen LogP contribution >= 0.6 is 11.6 Å². The number of benzene rings is 1. The number of hydrogen-bond donors (Lipinski definition) is 1. The average molecular weight is 466 g/mol. The number of fused-ring (bicyclic) bond motifs is 1. The Morgan fingerprint density at radius 2 is 1.97 bits per heavy atom. The van der Waals surface area contributed by atoms with Crippen molar-refractivity contribution in [1.29, 1.82) is 0 Å². The fourth-order valence-electron chi connectivity index (χ4n) is 3.97. The van der Waals surface area contributed by atoms with Gasteiger partial charge in [0, 0.05) is 55.6 Å². The van der Waals surface area contributed by atoms with Crippen LogP contribution < -0.4 is 15.5 Å². The zero-order chi connectivity index (χ0) is 23.1. The quantitative estimate of drug-likeness (QED) is 0.486. The van der Waals surface area contributed by atoms with Crippen molar-refractivity contribution in [2.45, 2.75) is 19.0 Å². The zero-order valence-electron chi connectivity index (χ0n) is 17.8. The normalized spacial score (nSPS) is 16.1. The molecule has 1 aliphatic heterocycles. The van der Waals surface area contributed by atoms with Gasteiger partial charge in [-0.15, -0.1) is 5.10 Å². The van der Waals surface area contributed by atoms with Gasteiger partial charge >= 0.3 is 0 Å². The maximum atomic E-state index is 13.7. The Morgan fingerprint density at radius 3 is 2.70 bits per heavy atom. The maximum Gasteiger partial charge on any atom is 0.228 e. The molecule has 0 unspecified atom stereocenters. The summed E-state index contributed by atoms with van der Waals surface area (Å²) < 4.78 is 15.5. The van der Waals surface area contributed by atoms with Crippen LogP contribution in [0.1, 0.15) is 12.0 Å². The molecule has 4 heterocycles. The molecule has 1 aromatic carbocycles. The predicted octanol–water partition coefficient (Wildman–Crippen LogP) is 3.28. The Morgan fingerprint density at radius 1 is 1.18 bits per heavy atom. The van der Waals surface area contributed by atoms with Gasteiger partial charge in [-0.05, 0) is 24.3 Å². The van der Waals surface area contributed by atoms with Gasteiger partial charge < -0.3 is 15.5 Å². The predicted molar refractivity (Wildman–Crippen MR) is 125 cm³/mol. The highest BCUT2D eigenvalue weighted by atomic mass is 35.5. The summed E-state index contributed by atoms with van der Waals surface area (Å²) in [7, 11) is 1.85. The molecule has 3 aromatic heterocycles. The summed E-state index contributed by atoms with van der Waals surface area (Å²) in [5.74, 6) is 0.146. The molecule has 1 amide bonds. The van der Waals surface area contributed by atoms with Gasteiger partial charge in [-0.1, -0.05) is 23.7 Å². The van der Waals surface area contributed by atoms with Crippen molar-refractivity contribution in [3.63, 3.8) is 0 Å². The molecule has 1 fully saturated rings. The van der Waals surface area contributed by atoms with E-state index in [-0.39, 0.29) is 17.0 Å². The van der Waals surface area contributed by atoms with Crippen molar-refractivity contribution in [3.8, 4) is 11.3 Å². The number of carbonyl (C=O) groups excluding carboxylic acids is 1. The highest BCUT2D eigenvalue weighted by Crippen LogP contribution is 2.27. The van der Waals surface area contributed by atoms with E-state index in [9.17, 15) is 9.18 Å². The Labute approximate surface area is 194 Å². The lowest BCUT2D eigenvalue weighted by atomic mass is 10.1. The van der Waals surface area contributed by atoms with Gasteiger partial charge in [0.2, 0.25) is 5.91 Å². The van der Waals surface area contributed by atoms with E-state index in [1.165, 1.54) is 0 Å². The Balaban J connectivity index is 1.42. The molecular weight excluding hydrogens is 445 g/mol. The number of aromatic nitrogens is 4. The topological polar surface area (TPSA) is 92.6 Å². The van der Waals surface area contributed by atoms with Crippen molar-refractivity contribution in [2.24, 2.45) is 5.73 Å². The van der Waals surface area contributed by atoms with E-state index in [2.05, 4.69) is 9.97 Å². The molecule has 0 saturated carbocycles. The maximum absolute atomic E-state index is 13.7. The minimum absolute atomic E-state index is 0.0352. The van der Waals surface area contributed by atoms with Crippen molar-refractivity contribution < 1.29 is 9.18 Å². The minimum atomic E-state index is -0.552. The highest BCUT2D eigenvalue weighted by molar-refractivity contribution is 6.31. The van der Waals surface area contributed by atoms with E-state index in [1.807, 2.05) is 48.3 Å². The van der Waals surface area contributed by atoms with Crippen LogP contribution in [0.2, 0.25) is 5.02 Å². The number of amides is 1. The molecule has 0 aliphatic carbocycles. The SMILES string of the molecule is CN(Cc1cncc(F)c1Cl)c1ccc2ncc(-c3ccc(N4C[C@@H](N)CC4=O)cc3)n2n1. The monoisotopic (exact) mass is 465 g/mol. The van der Waals surface area contributed by atoms with Crippen LogP contribution in [0.4, 0.5) is 15.9 Å². The van der Waals surface area contributed by atoms with Gasteiger partial charge in [0.25, 0.3) is 0 Å². The zero-order valence-corrected chi connectivity index (χ0v) is 18.6. The largest absolute Gasteiger partial charge is 0.354 e. The van der Waals surface area contributed by atoms with Crippen molar-refractivity contribution in [2.75, 3.05) is 23.4 Å².